The van der Waals surface area contributed by atoms with Crippen molar-refractivity contribution in [1.29, 1.82) is 0 Å². The maximum absolute atomic E-state index is 11.7. The summed E-state index contributed by atoms with van der Waals surface area (Å²) in [6.45, 7) is 3.52. The molecule has 0 saturated heterocycles. The Balaban J connectivity index is 2.60. The molecule has 5 nitrogen and oxygen atoms in total. The highest BCUT2D eigenvalue weighted by molar-refractivity contribution is 6.34. The highest BCUT2D eigenvalue weighted by atomic mass is 35.5. The molecule has 7 heteroatoms. The first-order valence-electron chi connectivity index (χ1n) is 5.29. The summed E-state index contributed by atoms with van der Waals surface area (Å²) < 4.78 is 0. The van der Waals surface area contributed by atoms with Gasteiger partial charge in [0.05, 0.1) is 11.6 Å². The van der Waals surface area contributed by atoms with E-state index >= 15 is 0 Å². The lowest BCUT2D eigenvalue weighted by Gasteiger charge is -2.09. The van der Waals surface area contributed by atoms with Gasteiger partial charge in [-0.25, -0.2) is 4.98 Å². The quantitative estimate of drug-likeness (QED) is 0.828. The maximum atomic E-state index is 11.7. The maximum Gasteiger partial charge on any atom is 0.271 e. The van der Waals surface area contributed by atoms with E-state index in [9.17, 15) is 9.59 Å². The topological polar surface area (TPSA) is 71.1 Å². The smallest absolute Gasteiger partial charge is 0.271 e. The van der Waals surface area contributed by atoms with Gasteiger partial charge in [0.1, 0.15) is 10.8 Å². The zero-order valence-electron chi connectivity index (χ0n) is 9.96. The summed E-state index contributed by atoms with van der Waals surface area (Å²) in [7, 11) is 0. The van der Waals surface area contributed by atoms with Gasteiger partial charge in [-0.3, -0.25) is 9.59 Å². The zero-order valence-corrected chi connectivity index (χ0v) is 11.5. The Morgan fingerprint density at radius 2 is 2.00 bits per heavy atom. The number of carbonyl (C=O) groups excluding carboxylic acids is 2. The summed E-state index contributed by atoms with van der Waals surface area (Å²) in [6, 6.07) is 2.97. The van der Waals surface area contributed by atoms with Crippen molar-refractivity contribution in [3.05, 3.63) is 28.0 Å². The number of nitrogens with zero attached hydrogens (tertiary/aromatic N) is 1. The average Bonchev–Trinajstić information content (AvgIpc) is 2.28. The standard InChI is InChI=1S/C11H13Cl2N3O2/c1-6(2)15-9(17)5-14-11(18)10-7(12)3-4-8(13)16-10/h3-4,6H,5H2,1-2H3,(H,14,18)(H,15,17). The Labute approximate surface area is 115 Å². The van der Waals surface area contributed by atoms with Gasteiger partial charge < -0.3 is 10.6 Å². The second-order valence-corrected chi connectivity index (χ2v) is 4.66. The lowest BCUT2D eigenvalue weighted by Crippen LogP contribution is -2.40. The van der Waals surface area contributed by atoms with Crippen molar-refractivity contribution in [2.45, 2.75) is 19.9 Å². The molecule has 18 heavy (non-hydrogen) atoms. The molecule has 1 aromatic rings. The van der Waals surface area contributed by atoms with E-state index in [2.05, 4.69) is 15.6 Å². The largest absolute Gasteiger partial charge is 0.352 e. The first-order chi connectivity index (χ1) is 8.40. The molecular formula is C11H13Cl2N3O2. The Hall–Kier alpha value is -1.33. The monoisotopic (exact) mass is 289 g/mol. The van der Waals surface area contributed by atoms with Crippen molar-refractivity contribution in [3.63, 3.8) is 0 Å². The molecule has 98 valence electrons. The van der Waals surface area contributed by atoms with Crippen LogP contribution in [0, 0.1) is 0 Å². The highest BCUT2D eigenvalue weighted by Crippen LogP contribution is 2.16. The Bertz CT molecular complexity index is 464. The van der Waals surface area contributed by atoms with E-state index in [0.717, 1.165) is 0 Å². The number of hydrogen-bond donors (Lipinski definition) is 2. The third kappa shape index (κ3) is 4.50. The third-order valence-electron chi connectivity index (χ3n) is 1.89. The Kier molecular flexibility index (Phi) is 5.37. The van der Waals surface area contributed by atoms with E-state index in [1.54, 1.807) is 0 Å². The number of hydrogen-bond acceptors (Lipinski definition) is 3. The number of nitrogens with one attached hydrogen (secondary N) is 2. The minimum atomic E-state index is -0.540. The Morgan fingerprint density at radius 1 is 1.33 bits per heavy atom. The van der Waals surface area contributed by atoms with Crippen LogP contribution in [0.4, 0.5) is 0 Å². The van der Waals surface area contributed by atoms with Crippen LogP contribution in [0.25, 0.3) is 0 Å². The van der Waals surface area contributed by atoms with Gasteiger partial charge >= 0.3 is 0 Å². The minimum absolute atomic E-state index is 0.00140. The van der Waals surface area contributed by atoms with E-state index in [1.807, 2.05) is 13.8 Å². The molecule has 0 atom stereocenters. The van der Waals surface area contributed by atoms with Crippen molar-refractivity contribution >= 4 is 35.0 Å². The minimum Gasteiger partial charge on any atom is -0.352 e. The predicted octanol–water partition coefficient (Wildman–Crippen LogP) is 1.64. The number of amides is 2. The zero-order chi connectivity index (χ0) is 13.7. The fourth-order valence-electron chi connectivity index (χ4n) is 1.19. The molecule has 0 aliphatic carbocycles. The number of pyridine rings is 1. The van der Waals surface area contributed by atoms with Gasteiger partial charge in [-0.2, -0.15) is 0 Å². The van der Waals surface area contributed by atoms with Crippen LogP contribution in [-0.2, 0) is 4.79 Å². The summed E-state index contributed by atoms with van der Waals surface area (Å²) in [4.78, 5) is 26.8. The lowest BCUT2D eigenvalue weighted by atomic mass is 10.3. The van der Waals surface area contributed by atoms with Crippen LogP contribution < -0.4 is 10.6 Å². The van der Waals surface area contributed by atoms with E-state index in [4.69, 9.17) is 23.2 Å². The number of carbonyl (C=O) groups is 2. The van der Waals surface area contributed by atoms with E-state index in [1.165, 1.54) is 12.1 Å². The number of halogens is 2. The van der Waals surface area contributed by atoms with Crippen LogP contribution in [0.2, 0.25) is 10.2 Å². The molecule has 2 amide bonds. The molecular weight excluding hydrogens is 277 g/mol. The van der Waals surface area contributed by atoms with Crippen molar-refractivity contribution in [2.75, 3.05) is 6.54 Å². The second-order valence-electron chi connectivity index (χ2n) is 3.87. The summed E-state index contributed by atoms with van der Waals surface area (Å²) in [5.74, 6) is -0.821. The predicted molar refractivity (Wildman–Crippen MR) is 69.9 cm³/mol. The molecule has 0 saturated carbocycles. The molecule has 1 heterocycles. The van der Waals surface area contributed by atoms with E-state index in [0.29, 0.717) is 0 Å². The van der Waals surface area contributed by atoms with Gasteiger partial charge in [-0.1, -0.05) is 23.2 Å². The molecule has 1 aromatic heterocycles. The van der Waals surface area contributed by atoms with Gasteiger partial charge in [0.15, 0.2) is 0 Å². The van der Waals surface area contributed by atoms with Gasteiger partial charge in [-0.15, -0.1) is 0 Å². The summed E-state index contributed by atoms with van der Waals surface area (Å²) >= 11 is 11.5. The van der Waals surface area contributed by atoms with Crippen LogP contribution in [0.1, 0.15) is 24.3 Å². The fraction of sp³-hybridized carbons (Fsp3) is 0.364. The molecule has 0 spiro atoms. The SMILES string of the molecule is CC(C)NC(=O)CNC(=O)c1nc(Cl)ccc1Cl. The Morgan fingerprint density at radius 3 is 2.61 bits per heavy atom. The average molecular weight is 290 g/mol. The number of rotatable bonds is 4. The highest BCUT2D eigenvalue weighted by Gasteiger charge is 2.14. The van der Waals surface area contributed by atoms with Crippen LogP contribution in [0.15, 0.2) is 12.1 Å². The molecule has 0 unspecified atom stereocenters. The van der Waals surface area contributed by atoms with E-state index < -0.39 is 5.91 Å². The molecule has 2 N–H and O–H groups in total. The van der Waals surface area contributed by atoms with Crippen molar-refractivity contribution in [3.8, 4) is 0 Å². The van der Waals surface area contributed by atoms with Crippen LogP contribution in [-0.4, -0.2) is 29.4 Å². The molecule has 0 aliphatic rings. The fourth-order valence-corrected chi connectivity index (χ4v) is 1.53. The summed E-state index contributed by atoms with van der Waals surface area (Å²) in [6.07, 6.45) is 0. The lowest BCUT2D eigenvalue weighted by molar-refractivity contribution is -0.120. The van der Waals surface area contributed by atoms with Gasteiger partial charge in [0.25, 0.3) is 5.91 Å². The normalized spacial score (nSPS) is 10.3. The first-order valence-corrected chi connectivity index (χ1v) is 6.05. The van der Waals surface area contributed by atoms with Gasteiger partial charge in [0.2, 0.25) is 5.91 Å². The van der Waals surface area contributed by atoms with Crippen LogP contribution in [0.5, 0.6) is 0 Å². The molecule has 0 radical (unpaired) electrons. The first kappa shape index (κ1) is 14.7. The van der Waals surface area contributed by atoms with Crippen LogP contribution in [0.3, 0.4) is 0 Å². The summed E-state index contributed by atoms with van der Waals surface area (Å²) in [5.41, 5.74) is 0.00140. The summed E-state index contributed by atoms with van der Waals surface area (Å²) in [5, 5.41) is 5.40. The van der Waals surface area contributed by atoms with Gasteiger partial charge in [-0.05, 0) is 26.0 Å². The third-order valence-corrected chi connectivity index (χ3v) is 2.40. The van der Waals surface area contributed by atoms with Crippen molar-refractivity contribution in [1.82, 2.24) is 15.6 Å². The molecule has 0 aromatic carbocycles. The molecule has 0 aliphatic heterocycles. The second kappa shape index (κ2) is 6.56. The molecule has 0 fully saturated rings. The van der Waals surface area contributed by atoms with Crippen molar-refractivity contribution in [2.24, 2.45) is 0 Å². The number of aromatic nitrogens is 1. The molecule has 0 bridgehead atoms. The van der Waals surface area contributed by atoms with Gasteiger partial charge in [0, 0.05) is 6.04 Å². The molecule has 1 rings (SSSR count). The van der Waals surface area contributed by atoms with Crippen LogP contribution >= 0.6 is 23.2 Å². The van der Waals surface area contributed by atoms with E-state index in [-0.39, 0.29) is 34.4 Å². The van der Waals surface area contributed by atoms with Crippen molar-refractivity contribution < 1.29 is 9.59 Å².